The van der Waals surface area contributed by atoms with Gasteiger partial charge in [0.25, 0.3) is 5.91 Å². The van der Waals surface area contributed by atoms with Gasteiger partial charge in [-0.05, 0) is 80.3 Å². The number of rotatable bonds is 10. The largest absolute Gasteiger partial charge is 0.495 e. The van der Waals surface area contributed by atoms with E-state index in [1.54, 1.807) is 18.2 Å². The molecule has 178 valence electrons. The van der Waals surface area contributed by atoms with E-state index in [0.29, 0.717) is 36.6 Å². The number of carbonyl (C=O) groups is 2. The number of amides is 2. The molecule has 2 amide bonds. The van der Waals surface area contributed by atoms with Crippen LogP contribution in [0.4, 0.5) is 15.8 Å². The van der Waals surface area contributed by atoms with Gasteiger partial charge in [-0.1, -0.05) is 18.2 Å². The molecule has 6 nitrogen and oxygen atoms in total. The Morgan fingerprint density at radius 3 is 2.50 bits per heavy atom. The van der Waals surface area contributed by atoms with E-state index in [9.17, 15) is 14.0 Å². The highest BCUT2D eigenvalue weighted by atomic mass is 19.1. The van der Waals surface area contributed by atoms with Gasteiger partial charge in [0.2, 0.25) is 5.91 Å². The van der Waals surface area contributed by atoms with Gasteiger partial charge in [-0.2, -0.15) is 0 Å². The Morgan fingerprint density at radius 2 is 1.74 bits per heavy atom. The van der Waals surface area contributed by atoms with E-state index in [1.807, 2.05) is 32.0 Å². The topological polar surface area (TPSA) is 76.7 Å². The molecular formula is C27H29FN2O4. The number of methoxy groups -OCH3 is 1. The zero-order chi connectivity index (χ0) is 24.5. The molecule has 34 heavy (non-hydrogen) atoms. The predicted octanol–water partition coefficient (Wildman–Crippen LogP) is 5.89. The number of carbonyl (C=O) groups excluding carboxylic acids is 2. The fourth-order valence-electron chi connectivity index (χ4n) is 3.36. The van der Waals surface area contributed by atoms with Crippen LogP contribution in [-0.2, 0) is 4.79 Å². The van der Waals surface area contributed by atoms with Crippen molar-refractivity contribution >= 4 is 23.2 Å². The third-order valence-corrected chi connectivity index (χ3v) is 5.22. The van der Waals surface area contributed by atoms with Gasteiger partial charge in [0, 0.05) is 17.7 Å². The van der Waals surface area contributed by atoms with Crippen molar-refractivity contribution in [2.24, 2.45) is 0 Å². The van der Waals surface area contributed by atoms with Crippen LogP contribution in [0.5, 0.6) is 11.5 Å². The SMILES string of the molecule is COc1ccc(NC(=O)CCCCOc2cc(C)ccc2C)cc1NC(=O)c1cccc(F)c1. The molecule has 0 radical (unpaired) electrons. The summed E-state index contributed by atoms with van der Waals surface area (Å²) in [6, 6.07) is 16.4. The van der Waals surface area contributed by atoms with Gasteiger partial charge in [-0.25, -0.2) is 4.39 Å². The van der Waals surface area contributed by atoms with E-state index in [1.165, 1.54) is 25.3 Å². The summed E-state index contributed by atoms with van der Waals surface area (Å²) in [4.78, 5) is 24.9. The van der Waals surface area contributed by atoms with Crippen molar-refractivity contribution in [3.8, 4) is 11.5 Å². The lowest BCUT2D eigenvalue weighted by atomic mass is 10.1. The predicted molar refractivity (Wildman–Crippen MR) is 131 cm³/mol. The lowest BCUT2D eigenvalue weighted by Gasteiger charge is -2.13. The monoisotopic (exact) mass is 464 g/mol. The van der Waals surface area contributed by atoms with Gasteiger partial charge in [0.05, 0.1) is 19.4 Å². The fourth-order valence-corrected chi connectivity index (χ4v) is 3.36. The normalized spacial score (nSPS) is 10.5. The summed E-state index contributed by atoms with van der Waals surface area (Å²) < 4.78 is 24.6. The molecule has 2 N–H and O–H groups in total. The summed E-state index contributed by atoms with van der Waals surface area (Å²) in [5.41, 5.74) is 3.30. The molecule has 0 aliphatic carbocycles. The zero-order valence-electron chi connectivity index (χ0n) is 19.6. The second-order valence-electron chi connectivity index (χ2n) is 8.00. The van der Waals surface area contributed by atoms with Crippen LogP contribution in [0, 0.1) is 19.7 Å². The van der Waals surface area contributed by atoms with Gasteiger partial charge in [0.1, 0.15) is 17.3 Å². The first kappa shape index (κ1) is 24.8. The van der Waals surface area contributed by atoms with E-state index in [4.69, 9.17) is 9.47 Å². The van der Waals surface area contributed by atoms with Crippen molar-refractivity contribution < 1.29 is 23.5 Å². The maximum atomic E-state index is 13.4. The van der Waals surface area contributed by atoms with E-state index >= 15 is 0 Å². The molecule has 0 unspecified atom stereocenters. The van der Waals surface area contributed by atoms with Crippen molar-refractivity contribution in [3.05, 3.63) is 83.2 Å². The van der Waals surface area contributed by atoms with Crippen molar-refractivity contribution in [2.45, 2.75) is 33.1 Å². The molecule has 0 aliphatic rings. The molecular weight excluding hydrogens is 435 g/mol. The fraction of sp³-hybridized carbons (Fsp3) is 0.259. The minimum absolute atomic E-state index is 0.140. The molecule has 0 aromatic heterocycles. The first-order valence-electron chi connectivity index (χ1n) is 11.1. The molecule has 7 heteroatoms. The van der Waals surface area contributed by atoms with Crippen LogP contribution in [0.2, 0.25) is 0 Å². The van der Waals surface area contributed by atoms with Crippen molar-refractivity contribution in [1.82, 2.24) is 0 Å². The Kier molecular flexibility index (Phi) is 8.62. The molecule has 3 aromatic rings. The van der Waals surface area contributed by atoms with Crippen LogP contribution in [0.25, 0.3) is 0 Å². The maximum absolute atomic E-state index is 13.4. The minimum Gasteiger partial charge on any atom is -0.495 e. The summed E-state index contributed by atoms with van der Waals surface area (Å²) in [7, 11) is 1.48. The first-order chi connectivity index (χ1) is 16.4. The number of hydrogen-bond acceptors (Lipinski definition) is 4. The van der Waals surface area contributed by atoms with Crippen LogP contribution in [-0.4, -0.2) is 25.5 Å². The van der Waals surface area contributed by atoms with Crippen LogP contribution in [0.1, 0.15) is 40.7 Å². The second kappa shape index (κ2) is 11.8. The second-order valence-corrected chi connectivity index (χ2v) is 8.00. The first-order valence-corrected chi connectivity index (χ1v) is 11.1. The summed E-state index contributed by atoms with van der Waals surface area (Å²) in [5, 5.41) is 5.54. The number of ether oxygens (including phenoxy) is 2. The summed E-state index contributed by atoms with van der Waals surface area (Å²) in [6.45, 7) is 4.57. The minimum atomic E-state index is -0.500. The average molecular weight is 465 g/mol. The van der Waals surface area contributed by atoms with Crippen LogP contribution < -0.4 is 20.1 Å². The summed E-state index contributed by atoms with van der Waals surface area (Å²) >= 11 is 0. The molecule has 0 saturated heterocycles. The number of anilines is 2. The van der Waals surface area contributed by atoms with Gasteiger partial charge in [0.15, 0.2) is 0 Å². The molecule has 0 atom stereocenters. The molecule has 3 aromatic carbocycles. The van der Waals surface area contributed by atoms with Gasteiger partial charge < -0.3 is 20.1 Å². The highest BCUT2D eigenvalue weighted by Gasteiger charge is 2.12. The van der Waals surface area contributed by atoms with E-state index in [2.05, 4.69) is 10.6 Å². The van der Waals surface area contributed by atoms with Crippen molar-refractivity contribution in [1.29, 1.82) is 0 Å². The Balaban J connectivity index is 1.51. The number of aryl methyl sites for hydroxylation is 2. The lowest BCUT2D eigenvalue weighted by molar-refractivity contribution is -0.116. The third-order valence-electron chi connectivity index (χ3n) is 5.22. The molecule has 0 heterocycles. The quantitative estimate of drug-likeness (QED) is 0.367. The van der Waals surface area contributed by atoms with Crippen LogP contribution >= 0.6 is 0 Å². The molecule has 0 fully saturated rings. The maximum Gasteiger partial charge on any atom is 0.255 e. The third kappa shape index (κ3) is 7.07. The number of hydrogen-bond donors (Lipinski definition) is 2. The number of halogens is 1. The van der Waals surface area contributed by atoms with Gasteiger partial charge in [-0.3, -0.25) is 9.59 Å². The number of unbranched alkanes of at least 4 members (excludes halogenated alkanes) is 1. The van der Waals surface area contributed by atoms with E-state index < -0.39 is 11.7 Å². The Hall–Kier alpha value is -3.87. The summed E-state index contributed by atoms with van der Waals surface area (Å²) in [5.74, 6) is 0.173. The standard InChI is InChI=1S/C27H29FN2O4/c1-18-10-11-19(2)25(15-18)34-14-5-4-9-26(31)29-22-12-13-24(33-3)23(17-22)30-27(32)20-7-6-8-21(28)16-20/h6-8,10-13,15-17H,4-5,9,14H2,1-3H3,(H,29,31)(H,30,32). The molecule has 0 spiro atoms. The van der Waals surface area contributed by atoms with Gasteiger partial charge in [-0.15, -0.1) is 0 Å². The molecule has 0 saturated carbocycles. The smallest absolute Gasteiger partial charge is 0.255 e. The Bertz CT molecular complexity index is 1160. The zero-order valence-corrected chi connectivity index (χ0v) is 19.6. The van der Waals surface area contributed by atoms with Crippen LogP contribution in [0.15, 0.2) is 60.7 Å². The molecule has 3 rings (SSSR count). The highest BCUT2D eigenvalue weighted by molar-refractivity contribution is 6.05. The van der Waals surface area contributed by atoms with E-state index in [-0.39, 0.29) is 11.5 Å². The van der Waals surface area contributed by atoms with Crippen molar-refractivity contribution in [3.63, 3.8) is 0 Å². The molecule has 0 bridgehead atoms. The highest BCUT2D eigenvalue weighted by Crippen LogP contribution is 2.28. The molecule has 0 aliphatic heterocycles. The number of benzene rings is 3. The van der Waals surface area contributed by atoms with Crippen LogP contribution in [0.3, 0.4) is 0 Å². The number of nitrogens with one attached hydrogen (secondary N) is 2. The van der Waals surface area contributed by atoms with Gasteiger partial charge >= 0.3 is 0 Å². The van der Waals surface area contributed by atoms with Crippen molar-refractivity contribution in [2.75, 3.05) is 24.4 Å². The summed E-state index contributed by atoms with van der Waals surface area (Å²) in [6.07, 6.45) is 1.77. The average Bonchev–Trinajstić information content (AvgIpc) is 2.81. The lowest BCUT2D eigenvalue weighted by Crippen LogP contribution is -2.15. The van der Waals surface area contributed by atoms with E-state index in [0.717, 1.165) is 29.4 Å². The Labute approximate surface area is 199 Å². The Morgan fingerprint density at radius 1 is 0.912 bits per heavy atom.